The molecule has 1 heterocycles. The molecule has 0 saturated heterocycles. The molecule has 0 spiro atoms. The zero-order valence-electron chi connectivity index (χ0n) is 10.5. The summed E-state index contributed by atoms with van der Waals surface area (Å²) in [5, 5.41) is 0.641. The molecule has 0 aliphatic rings. The average molecular weight is 315 g/mol. The van der Waals surface area contributed by atoms with Gasteiger partial charge >= 0.3 is 0 Å². The second kappa shape index (κ2) is 7.03. The Hall–Kier alpha value is -0.910. The molecule has 19 heavy (non-hydrogen) atoms. The van der Waals surface area contributed by atoms with Crippen LogP contribution in [0.5, 0.6) is 5.75 Å². The summed E-state index contributed by atoms with van der Waals surface area (Å²) >= 11 is 12.8. The minimum atomic E-state index is 0.0665. The molecule has 0 radical (unpaired) electrons. The fourth-order valence-corrected chi connectivity index (χ4v) is 2.85. The fraction of sp³-hybridized carbons (Fsp3) is 0.308. The summed E-state index contributed by atoms with van der Waals surface area (Å²) in [6.07, 6.45) is 2.79. The van der Waals surface area contributed by atoms with E-state index >= 15 is 0 Å². The topological polar surface area (TPSA) is 40.8 Å². The number of hydrogen-bond acceptors (Lipinski definition) is 3. The van der Waals surface area contributed by atoms with Gasteiger partial charge in [-0.2, -0.15) is 0 Å². The number of benzene rings is 1. The molecule has 2 rings (SSSR count). The summed E-state index contributed by atoms with van der Waals surface area (Å²) in [6, 6.07) is 7.53. The zero-order chi connectivity index (χ0) is 13.7. The minimum absolute atomic E-state index is 0.0665. The van der Waals surface area contributed by atoms with Crippen LogP contribution in [0.4, 0.5) is 0 Å². The van der Waals surface area contributed by atoms with Gasteiger partial charge in [-0.05, 0) is 30.8 Å². The summed E-state index contributed by atoms with van der Waals surface area (Å²) in [6.45, 7) is 2.09. The highest BCUT2D eigenvalue weighted by Crippen LogP contribution is 2.28. The van der Waals surface area contributed by atoms with Gasteiger partial charge in [-0.25, -0.2) is 0 Å². The van der Waals surface area contributed by atoms with E-state index in [2.05, 4.69) is 16.9 Å². The lowest BCUT2D eigenvalue weighted by Gasteiger charge is -2.17. The Bertz CT molecular complexity index is 582. The second-order valence-electron chi connectivity index (χ2n) is 3.97. The largest absolute Gasteiger partial charge is 0.478 e. The molecule has 0 aliphatic heterocycles. The number of imidazole rings is 1. The van der Waals surface area contributed by atoms with Gasteiger partial charge in [0.05, 0.1) is 5.02 Å². The molecule has 102 valence electrons. The van der Waals surface area contributed by atoms with E-state index in [0.29, 0.717) is 9.79 Å². The smallest absolute Gasteiger partial charge is 0.174 e. The van der Waals surface area contributed by atoms with Crippen molar-refractivity contribution in [3.63, 3.8) is 0 Å². The summed E-state index contributed by atoms with van der Waals surface area (Å²) in [5.74, 6) is 1.54. The van der Waals surface area contributed by atoms with Crippen molar-refractivity contribution in [2.45, 2.75) is 24.5 Å². The molecule has 1 aromatic heterocycles. The maximum Gasteiger partial charge on any atom is 0.174 e. The molecule has 2 aromatic rings. The predicted molar refractivity (Wildman–Crippen MR) is 83.4 cm³/mol. The molecule has 0 amide bonds. The van der Waals surface area contributed by atoms with Gasteiger partial charge < -0.3 is 14.7 Å². The van der Waals surface area contributed by atoms with E-state index in [0.717, 1.165) is 23.6 Å². The second-order valence-corrected chi connectivity index (χ2v) is 5.93. The summed E-state index contributed by atoms with van der Waals surface area (Å²) in [4.78, 5) is 6.04. The Labute approximate surface area is 126 Å². The average Bonchev–Trinajstić information content (AvgIpc) is 2.82. The van der Waals surface area contributed by atoms with Crippen LogP contribution < -0.4 is 4.74 Å². The van der Waals surface area contributed by atoms with Gasteiger partial charge in [0.1, 0.15) is 11.2 Å². The highest BCUT2D eigenvalue weighted by atomic mass is 35.5. The zero-order valence-corrected chi connectivity index (χ0v) is 12.9. The van der Waals surface area contributed by atoms with Crippen molar-refractivity contribution in [3.05, 3.63) is 45.9 Å². The van der Waals surface area contributed by atoms with Crippen molar-refractivity contribution < 1.29 is 4.74 Å². The van der Waals surface area contributed by atoms with Gasteiger partial charge in [0.25, 0.3) is 0 Å². The van der Waals surface area contributed by atoms with Crippen molar-refractivity contribution in [1.29, 1.82) is 0 Å². The predicted octanol–water partition coefficient (Wildman–Crippen LogP) is 4.77. The van der Waals surface area contributed by atoms with Crippen LogP contribution in [0, 0.1) is 4.77 Å². The first kappa shape index (κ1) is 14.5. The number of aromatic amines is 2. The number of aromatic nitrogens is 2. The van der Waals surface area contributed by atoms with Gasteiger partial charge in [0, 0.05) is 17.6 Å². The Morgan fingerprint density at radius 1 is 1.42 bits per heavy atom. The van der Waals surface area contributed by atoms with E-state index in [1.54, 1.807) is 11.8 Å². The first-order valence-corrected chi connectivity index (χ1v) is 7.82. The fourth-order valence-electron chi connectivity index (χ4n) is 1.55. The highest BCUT2D eigenvalue weighted by Gasteiger charge is 2.11. The number of H-pyrrole nitrogens is 2. The lowest BCUT2D eigenvalue weighted by molar-refractivity contribution is 0.284. The quantitative estimate of drug-likeness (QED) is 0.596. The van der Waals surface area contributed by atoms with E-state index in [1.165, 1.54) is 0 Å². The minimum Gasteiger partial charge on any atom is -0.478 e. The maximum atomic E-state index is 6.09. The lowest BCUT2D eigenvalue weighted by Crippen LogP contribution is -2.11. The Morgan fingerprint density at radius 2 is 2.21 bits per heavy atom. The number of ether oxygens (including phenoxy) is 1. The molecule has 1 aromatic carbocycles. The first-order valence-electron chi connectivity index (χ1n) is 5.98. The van der Waals surface area contributed by atoms with Crippen LogP contribution in [0.25, 0.3) is 0 Å². The van der Waals surface area contributed by atoms with E-state index in [4.69, 9.17) is 28.6 Å². The third kappa shape index (κ3) is 4.30. The van der Waals surface area contributed by atoms with Crippen molar-refractivity contribution >= 4 is 35.6 Å². The Morgan fingerprint density at radius 3 is 2.84 bits per heavy atom. The van der Waals surface area contributed by atoms with E-state index in [9.17, 15) is 0 Å². The number of rotatable bonds is 6. The molecule has 0 bridgehead atoms. The van der Waals surface area contributed by atoms with Gasteiger partial charge in [-0.3, -0.25) is 0 Å². The molecule has 1 atom stereocenters. The SMILES string of the molecule is CCC(Oc1ccccc1Cl)SCc1c[nH]c(=S)[nH]1. The van der Waals surface area contributed by atoms with Gasteiger partial charge in [0.15, 0.2) is 4.77 Å². The standard InChI is InChI=1S/C13H15ClN2OS2/c1-2-12(17-11-6-4-3-5-10(11)14)19-8-9-7-15-13(18)16-9/h3-7,12H,2,8H2,1H3,(H2,15,16,18). The van der Waals surface area contributed by atoms with Crippen LogP contribution in [-0.2, 0) is 5.75 Å². The van der Waals surface area contributed by atoms with Crippen LogP contribution in [0.2, 0.25) is 5.02 Å². The summed E-state index contributed by atoms with van der Waals surface area (Å²) < 4.78 is 6.55. The number of halogens is 1. The molecule has 3 nitrogen and oxygen atoms in total. The third-order valence-corrected chi connectivity index (χ3v) is 4.32. The number of hydrogen-bond donors (Lipinski definition) is 2. The Balaban J connectivity index is 1.93. The summed E-state index contributed by atoms with van der Waals surface area (Å²) in [5.41, 5.74) is 1.13. The number of thioether (sulfide) groups is 1. The molecule has 0 fully saturated rings. The van der Waals surface area contributed by atoms with Gasteiger partial charge in [-0.1, -0.05) is 30.7 Å². The molecular formula is C13H15ClN2OS2. The van der Waals surface area contributed by atoms with Gasteiger partial charge in [-0.15, -0.1) is 11.8 Å². The van der Waals surface area contributed by atoms with Crippen LogP contribution in [-0.4, -0.2) is 15.4 Å². The van der Waals surface area contributed by atoms with Crippen LogP contribution >= 0.6 is 35.6 Å². The lowest BCUT2D eigenvalue weighted by atomic mass is 10.3. The normalized spacial score (nSPS) is 12.3. The molecule has 0 saturated carbocycles. The van der Waals surface area contributed by atoms with Crippen LogP contribution in [0.15, 0.2) is 30.5 Å². The van der Waals surface area contributed by atoms with E-state index in [1.807, 2.05) is 30.5 Å². The number of para-hydroxylation sites is 1. The Kier molecular flexibility index (Phi) is 5.36. The molecule has 0 aliphatic carbocycles. The monoisotopic (exact) mass is 314 g/mol. The molecule has 1 unspecified atom stereocenters. The molecule has 6 heteroatoms. The van der Waals surface area contributed by atoms with Crippen molar-refractivity contribution in [1.82, 2.24) is 9.97 Å². The van der Waals surface area contributed by atoms with Crippen molar-refractivity contribution in [3.8, 4) is 5.75 Å². The first-order chi connectivity index (χ1) is 9.19. The van der Waals surface area contributed by atoms with Crippen LogP contribution in [0.3, 0.4) is 0 Å². The third-order valence-electron chi connectivity index (χ3n) is 2.50. The molecular weight excluding hydrogens is 300 g/mol. The number of nitrogens with one attached hydrogen (secondary N) is 2. The van der Waals surface area contributed by atoms with E-state index < -0.39 is 0 Å². The van der Waals surface area contributed by atoms with Crippen LogP contribution in [0.1, 0.15) is 19.0 Å². The maximum absolute atomic E-state index is 6.09. The van der Waals surface area contributed by atoms with Crippen molar-refractivity contribution in [2.75, 3.05) is 0 Å². The van der Waals surface area contributed by atoms with Gasteiger partial charge in [0.2, 0.25) is 0 Å². The summed E-state index contributed by atoms with van der Waals surface area (Å²) in [7, 11) is 0. The molecule has 2 N–H and O–H groups in total. The van der Waals surface area contributed by atoms with Crippen molar-refractivity contribution in [2.24, 2.45) is 0 Å². The van der Waals surface area contributed by atoms with E-state index in [-0.39, 0.29) is 5.44 Å². The highest BCUT2D eigenvalue weighted by molar-refractivity contribution is 7.99.